The second-order valence-electron chi connectivity index (χ2n) is 2.50. The monoisotopic (exact) mass is 165 g/mol. The van der Waals surface area contributed by atoms with E-state index in [1.54, 1.807) is 18.2 Å². The maximum absolute atomic E-state index is 10.8. The Morgan fingerprint density at radius 2 is 2.08 bits per heavy atom. The Bertz CT molecular complexity index is 284. The van der Waals surface area contributed by atoms with E-state index in [2.05, 4.69) is 0 Å². The van der Waals surface area contributed by atoms with Crippen LogP contribution in [0.15, 0.2) is 24.3 Å². The minimum absolute atomic E-state index is 0.0320. The van der Waals surface area contributed by atoms with Crippen LogP contribution in [0, 0.1) is 0 Å². The van der Waals surface area contributed by atoms with Crippen molar-refractivity contribution in [3.8, 4) is 0 Å². The van der Waals surface area contributed by atoms with Crippen LogP contribution in [-0.2, 0) is 6.42 Å². The molecular weight excluding hydrogens is 154 g/mol. The zero-order valence-electron chi connectivity index (χ0n) is 6.66. The van der Waals surface area contributed by atoms with Crippen molar-refractivity contribution in [2.45, 2.75) is 6.42 Å². The van der Waals surface area contributed by atoms with Crippen LogP contribution in [0.2, 0.25) is 0 Å². The molecule has 0 fully saturated rings. The molecule has 1 rings (SSSR count). The van der Waals surface area contributed by atoms with Crippen molar-refractivity contribution < 1.29 is 9.90 Å². The Morgan fingerprint density at radius 3 is 2.67 bits per heavy atom. The lowest BCUT2D eigenvalue weighted by molar-refractivity contribution is 0.0999. The Hall–Kier alpha value is -1.35. The summed E-state index contributed by atoms with van der Waals surface area (Å²) in [4.78, 5) is 10.8. The van der Waals surface area contributed by atoms with Crippen molar-refractivity contribution in [3.05, 3.63) is 35.4 Å². The first-order valence-corrected chi connectivity index (χ1v) is 3.74. The summed E-state index contributed by atoms with van der Waals surface area (Å²) >= 11 is 0. The van der Waals surface area contributed by atoms with Gasteiger partial charge in [0.1, 0.15) is 0 Å². The first-order chi connectivity index (χ1) is 5.75. The van der Waals surface area contributed by atoms with Crippen molar-refractivity contribution in [1.82, 2.24) is 0 Å². The Kier molecular flexibility index (Phi) is 2.82. The molecule has 0 spiro atoms. The summed E-state index contributed by atoms with van der Waals surface area (Å²) in [5, 5.41) is 8.67. The van der Waals surface area contributed by atoms with Gasteiger partial charge in [-0.05, 0) is 18.1 Å². The number of rotatable bonds is 3. The van der Waals surface area contributed by atoms with Crippen molar-refractivity contribution in [2.24, 2.45) is 5.73 Å². The smallest absolute Gasteiger partial charge is 0.248 e. The molecule has 3 N–H and O–H groups in total. The normalized spacial score (nSPS) is 9.75. The predicted octanol–water partition coefficient (Wildman–Crippen LogP) is 0.320. The molecule has 0 radical (unpaired) electrons. The van der Waals surface area contributed by atoms with Crippen molar-refractivity contribution >= 4 is 5.91 Å². The quantitative estimate of drug-likeness (QED) is 0.677. The van der Waals surface area contributed by atoms with Gasteiger partial charge in [-0.25, -0.2) is 0 Å². The molecular formula is C9H11NO2. The van der Waals surface area contributed by atoms with Crippen LogP contribution in [-0.4, -0.2) is 17.6 Å². The van der Waals surface area contributed by atoms with E-state index in [1.807, 2.05) is 6.07 Å². The van der Waals surface area contributed by atoms with Crippen LogP contribution < -0.4 is 5.73 Å². The summed E-state index contributed by atoms with van der Waals surface area (Å²) in [5.74, 6) is -0.445. The number of primary amides is 1. The summed E-state index contributed by atoms with van der Waals surface area (Å²) in [5.41, 5.74) is 6.42. The molecule has 0 bridgehead atoms. The average molecular weight is 165 g/mol. The third kappa shape index (κ3) is 1.83. The number of aliphatic hydroxyl groups is 1. The molecule has 0 aliphatic rings. The fraction of sp³-hybridized carbons (Fsp3) is 0.222. The van der Waals surface area contributed by atoms with Crippen LogP contribution in [0.4, 0.5) is 0 Å². The second kappa shape index (κ2) is 3.88. The van der Waals surface area contributed by atoms with Gasteiger partial charge in [0.25, 0.3) is 0 Å². The molecule has 0 heterocycles. The molecule has 0 atom stereocenters. The van der Waals surface area contributed by atoms with Crippen LogP contribution in [0.25, 0.3) is 0 Å². The van der Waals surface area contributed by atoms with Crippen LogP contribution >= 0.6 is 0 Å². The molecule has 0 saturated carbocycles. The summed E-state index contributed by atoms with van der Waals surface area (Å²) < 4.78 is 0. The summed E-state index contributed by atoms with van der Waals surface area (Å²) in [6, 6.07) is 7.02. The molecule has 0 aliphatic heterocycles. The highest BCUT2D eigenvalue weighted by molar-refractivity contribution is 5.94. The Morgan fingerprint density at radius 1 is 1.42 bits per heavy atom. The molecule has 3 heteroatoms. The lowest BCUT2D eigenvalue weighted by atomic mass is 10.0. The molecule has 0 unspecified atom stereocenters. The van der Waals surface area contributed by atoms with Crippen molar-refractivity contribution in [2.75, 3.05) is 6.61 Å². The lowest BCUT2D eigenvalue weighted by Crippen LogP contribution is -2.14. The molecule has 0 aliphatic carbocycles. The first-order valence-electron chi connectivity index (χ1n) is 3.74. The third-order valence-corrected chi connectivity index (χ3v) is 1.66. The van der Waals surface area contributed by atoms with Gasteiger partial charge in [-0.15, -0.1) is 0 Å². The lowest BCUT2D eigenvalue weighted by Gasteiger charge is -2.03. The highest BCUT2D eigenvalue weighted by Crippen LogP contribution is 2.07. The molecule has 64 valence electrons. The maximum atomic E-state index is 10.8. The third-order valence-electron chi connectivity index (χ3n) is 1.66. The summed E-state index contributed by atoms with van der Waals surface area (Å²) in [6.07, 6.45) is 0.471. The number of aliphatic hydroxyl groups excluding tert-OH is 1. The molecule has 1 aromatic carbocycles. The first kappa shape index (κ1) is 8.74. The SMILES string of the molecule is NC(=O)c1ccccc1CCO. The largest absolute Gasteiger partial charge is 0.396 e. The highest BCUT2D eigenvalue weighted by Gasteiger charge is 2.05. The summed E-state index contributed by atoms with van der Waals surface area (Å²) in [6.45, 7) is 0.0320. The van der Waals surface area contributed by atoms with E-state index in [-0.39, 0.29) is 6.61 Å². The number of hydrogen-bond acceptors (Lipinski definition) is 2. The highest BCUT2D eigenvalue weighted by atomic mass is 16.3. The zero-order valence-corrected chi connectivity index (χ0v) is 6.66. The van der Waals surface area contributed by atoms with Crippen LogP contribution in [0.5, 0.6) is 0 Å². The molecule has 0 saturated heterocycles. The van der Waals surface area contributed by atoms with E-state index >= 15 is 0 Å². The van der Waals surface area contributed by atoms with Gasteiger partial charge in [0.2, 0.25) is 5.91 Å². The molecule has 12 heavy (non-hydrogen) atoms. The van der Waals surface area contributed by atoms with Gasteiger partial charge >= 0.3 is 0 Å². The van der Waals surface area contributed by atoms with E-state index in [0.717, 1.165) is 5.56 Å². The fourth-order valence-electron chi connectivity index (χ4n) is 1.10. The minimum atomic E-state index is -0.445. The van der Waals surface area contributed by atoms with E-state index in [9.17, 15) is 4.79 Å². The van der Waals surface area contributed by atoms with E-state index < -0.39 is 5.91 Å². The number of hydrogen-bond donors (Lipinski definition) is 2. The molecule has 0 aromatic heterocycles. The Balaban J connectivity index is 3.00. The van der Waals surface area contributed by atoms with E-state index in [1.165, 1.54) is 0 Å². The standard InChI is InChI=1S/C9H11NO2/c10-9(12)8-4-2-1-3-7(8)5-6-11/h1-4,11H,5-6H2,(H2,10,12). The van der Waals surface area contributed by atoms with Gasteiger partial charge in [-0.2, -0.15) is 0 Å². The van der Waals surface area contributed by atoms with Gasteiger partial charge < -0.3 is 10.8 Å². The zero-order chi connectivity index (χ0) is 8.97. The van der Waals surface area contributed by atoms with Gasteiger partial charge in [0.05, 0.1) is 0 Å². The maximum Gasteiger partial charge on any atom is 0.248 e. The van der Waals surface area contributed by atoms with Crippen LogP contribution in [0.1, 0.15) is 15.9 Å². The van der Waals surface area contributed by atoms with E-state index in [0.29, 0.717) is 12.0 Å². The molecule has 1 aromatic rings. The molecule has 1 amide bonds. The number of amides is 1. The Labute approximate surface area is 70.8 Å². The predicted molar refractivity (Wildman–Crippen MR) is 45.7 cm³/mol. The van der Waals surface area contributed by atoms with Crippen molar-refractivity contribution in [1.29, 1.82) is 0 Å². The van der Waals surface area contributed by atoms with Gasteiger partial charge in [0, 0.05) is 12.2 Å². The van der Waals surface area contributed by atoms with Crippen molar-refractivity contribution in [3.63, 3.8) is 0 Å². The second-order valence-corrected chi connectivity index (χ2v) is 2.50. The molecule has 3 nitrogen and oxygen atoms in total. The number of carbonyl (C=O) groups excluding carboxylic acids is 1. The minimum Gasteiger partial charge on any atom is -0.396 e. The number of nitrogens with two attached hydrogens (primary N) is 1. The average Bonchev–Trinajstić information content (AvgIpc) is 2.05. The fourth-order valence-corrected chi connectivity index (χ4v) is 1.10. The topological polar surface area (TPSA) is 63.3 Å². The summed E-state index contributed by atoms with van der Waals surface area (Å²) in [7, 11) is 0. The van der Waals surface area contributed by atoms with Gasteiger partial charge in [0.15, 0.2) is 0 Å². The van der Waals surface area contributed by atoms with E-state index in [4.69, 9.17) is 10.8 Å². The van der Waals surface area contributed by atoms with Gasteiger partial charge in [-0.3, -0.25) is 4.79 Å². The van der Waals surface area contributed by atoms with Gasteiger partial charge in [-0.1, -0.05) is 18.2 Å². The van der Waals surface area contributed by atoms with Crippen LogP contribution in [0.3, 0.4) is 0 Å². The number of carbonyl (C=O) groups is 1. The number of benzene rings is 1.